The molecule has 3 amide bonds. The Bertz CT molecular complexity index is 1100. The molecule has 4 rings (SSSR count). The number of urea groups is 1. The number of carbonyl (C=O) groups excluding carboxylic acids is 2. The molecular formula is C27H35N5O2. The molecule has 0 bridgehead atoms. The lowest BCUT2D eigenvalue weighted by atomic mass is 9.90. The fourth-order valence-corrected chi connectivity index (χ4v) is 4.73. The van der Waals surface area contributed by atoms with Crippen LogP contribution < -0.4 is 10.2 Å². The average Bonchev–Trinajstić information content (AvgIpc) is 3.28. The number of imide groups is 1. The van der Waals surface area contributed by atoms with Crippen LogP contribution in [-0.2, 0) is 4.79 Å². The average molecular weight is 462 g/mol. The van der Waals surface area contributed by atoms with E-state index in [0.29, 0.717) is 17.4 Å². The molecule has 0 unspecified atom stereocenters. The Kier molecular flexibility index (Phi) is 7.95. The summed E-state index contributed by atoms with van der Waals surface area (Å²) < 4.78 is 0. The summed E-state index contributed by atoms with van der Waals surface area (Å²) in [5, 5.41) is 2.84. The molecule has 0 atom stereocenters. The number of aromatic amines is 1. The van der Waals surface area contributed by atoms with E-state index in [1.165, 1.54) is 36.3 Å². The van der Waals surface area contributed by atoms with E-state index in [0.717, 1.165) is 37.0 Å². The Morgan fingerprint density at radius 1 is 1.09 bits per heavy atom. The van der Waals surface area contributed by atoms with E-state index >= 15 is 0 Å². The number of anilines is 2. The molecule has 0 saturated carbocycles. The number of nitrogens with zero attached hydrogens (tertiary/aromatic N) is 3. The minimum atomic E-state index is -0.498. The summed E-state index contributed by atoms with van der Waals surface area (Å²) in [6.07, 6.45) is 8.36. The number of carbonyl (C=O) groups is 2. The third-order valence-electron chi connectivity index (χ3n) is 6.66. The summed E-state index contributed by atoms with van der Waals surface area (Å²) >= 11 is 0. The van der Waals surface area contributed by atoms with Crippen LogP contribution in [0.1, 0.15) is 63.9 Å². The highest BCUT2D eigenvalue weighted by molar-refractivity contribution is 6.18. The van der Waals surface area contributed by atoms with E-state index in [1.54, 1.807) is 25.1 Å². The maximum absolute atomic E-state index is 13.1. The molecule has 3 heterocycles. The molecule has 1 saturated heterocycles. The van der Waals surface area contributed by atoms with Gasteiger partial charge in [0.1, 0.15) is 5.82 Å². The second-order valence-electron chi connectivity index (χ2n) is 9.01. The topological polar surface area (TPSA) is 81.3 Å². The lowest BCUT2D eigenvalue weighted by Gasteiger charge is -2.31. The van der Waals surface area contributed by atoms with Crippen LogP contribution in [-0.4, -0.2) is 46.4 Å². The SMILES string of the molecule is CCCCCN1CCC(c2c[nH]c3ccc(NC(=O)N(C(=O)CC)c4ccccc4)nc23)CC1. The van der Waals surface area contributed by atoms with Gasteiger partial charge in [0.2, 0.25) is 5.91 Å². The monoisotopic (exact) mass is 461 g/mol. The van der Waals surface area contributed by atoms with Crippen LogP contribution in [0.5, 0.6) is 0 Å². The molecule has 7 heteroatoms. The molecule has 34 heavy (non-hydrogen) atoms. The highest BCUT2D eigenvalue weighted by Gasteiger charge is 2.25. The number of piperidine rings is 1. The van der Waals surface area contributed by atoms with Crippen molar-refractivity contribution < 1.29 is 9.59 Å². The van der Waals surface area contributed by atoms with E-state index in [4.69, 9.17) is 4.98 Å². The zero-order valence-electron chi connectivity index (χ0n) is 20.2. The van der Waals surface area contributed by atoms with E-state index in [1.807, 2.05) is 24.3 Å². The molecule has 2 N–H and O–H groups in total. The number of nitrogens with one attached hydrogen (secondary N) is 2. The number of hydrogen-bond donors (Lipinski definition) is 2. The standard InChI is InChI=1S/C27H35N5O2/c1-3-5-9-16-31-17-14-20(15-18-31)22-19-28-23-12-13-24(29-26(22)23)30-27(34)32(25(33)4-2)21-10-7-6-8-11-21/h6-8,10-13,19-20,28H,3-5,9,14-18H2,1-2H3,(H,29,30,34). The smallest absolute Gasteiger partial charge is 0.334 e. The van der Waals surface area contributed by atoms with Crippen LogP contribution in [0.4, 0.5) is 16.3 Å². The molecule has 180 valence electrons. The van der Waals surface area contributed by atoms with Gasteiger partial charge in [0.25, 0.3) is 0 Å². The number of rotatable bonds is 8. The van der Waals surface area contributed by atoms with Gasteiger partial charge in [0.15, 0.2) is 0 Å². The summed E-state index contributed by atoms with van der Waals surface area (Å²) in [5.41, 5.74) is 3.61. The van der Waals surface area contributed by atoms with Crippen molar-refractivity contribution in [1.29, 1.82) is 0 Å². The van der Waals surface area contributed by atoms with E-state index in [2.05, 4.69) is 28.3 Å². The first-order valence-corrected chi connectivity index (χ1v) is 12.5. The van der Waals surface area contributed by atoms with Crippen LogP contribution in [0, 0.1) is 0 Å². The normalized spacial score (nSPS) is 14.9. The predicted octanol–water partition coefficient (Wildman–Crippen LogP) is 5.91. The number of pyridine rings is 1. The summed E-state index contributed by atoms with van der Waals surface area (Å²) in [6, 6.07) is 12.2. The number of fused-ring (bicyclic) bond motifs is 1. The van der Waals surface area contributed by atoms with Crippen molar-refractivity contribution in [2.45, 2.75) is 58.3 Å². The Hall–Kier alpha value is -3.19. The second kappa shape index (κ2) is 11.3. The molecule has 1 aliphatic rings. The van der Waals surface area contributed by atoms with Gasteiger partial charge in [-0.1, -0.05) is 44.9 Å². The molecule has 2 aromatic heterocycles. The van der Waals surface area contributed by atoms with Crippen LogP contribution >= 0.6 is 0 Å². The number of benzene rings is 1. The molecule has 0 spiro atoms. The maximum atomic E-state index is 13.1. The number of hydrogen-bond acceptors (Lipinski definition) is 4. The number of amides is 3. The quantitative estimate of drug-likeness (QED) is 0.409. The molecule has 3 aromatic rings. The van der Waals surface area contributed by atoms with Crippen LogP contribution in [0.2, 0.25) is 0 Å². The van der Waals surface area contributed by atoms with Gasteiger partial charge in [-0.05, 0) is 74.6 Å². The van der Waals surface area contributed by atoms with Gasteiger partial charge >= 0.3 is 6.03 Å². The number of unbranched alkanes of at least 4 members (excludes halogenated alkanes) is 2. The molecule has 0 radical (unpaired) electrons. The Labute approximate surface area is 201 Å². The van der Waals surface area contributed by atoms with Gasteiger partial charge in [-0.15, -0.1) is 0 Å². The van der Waals surface area contributed by atoms with E-state index in [9.17, 15) is 9.59 Å². The second-order valence-corrected chi connectivity index (χ2v) is 9.01. The Balaban J connectivity index is 1.48. The minimum Gasteiger partial charge on any atom is -0.360 e. The zero-order chi connectivity index (χ0) is 23.9. The van der Waals surface area contributed by atoms with Crippen LogP contribution in [0.3, 0.4) is 0 Å². The van der Waals surface area contributed by atoms with Gasteiger partial charge < -0.3 is 9.88 Å². The highest BCUT2D eigenvalue weighted by Crippen LogP contribution is 2.33. The lowest BCUT2D eigenvalue weighted by molar-refractivity contribution is -0.117. The summed E-state index contributed by atoms with van der Waals surface area (Å²) in [7, 11) is 0. The first kappa shape index (κ1) is 24.0. The molecule has 1 aromatic carbocycles. The van der Waals surface area contributed by atoms with Crippen molar-refractivity contribution >= 4 is 34.5 Å². The lowest BCUT2D eigenvalue weighted by Crippen LogP contribution is -2.39. The van der Waals surface area contributed by atoms with Gasteiger partial charge in [0.05, 0.1) is 16.7 Å². The summed E-state index contributed by atoms with van der Waals surface area (Å²) in [4.78, 5) is 37.4. The van der Waals surface area contributed by atoms with Crippen molar-refractivity contribution in [2.24, 2.45) is 0 Å². The van der Waals surface area contributed by atoms with E-state index in [-0.39, 0.29) is 12.3 Å². The largest absolute Gasteiger partial charge is 0.360 e. The van der Waals surface area contributed by atoms with Gasteiger partial charge in [-0.25, -0.2) is 14.7 Å². The summed E-state index contributed by atoms with van der Waals surface area (Å²) in [5.74, 6) is 0.634. The van der Waals surface area contributed by atoms with E-state index < -0.39 is 6.03 Å². The van der Waals surface area contributed by atoms with Crippen molar-refractivity contribution in [3.8, 4) is 0 Å². The molecule has 1 fully saturated rings. The van der Waals surface area contributed by atoms with Crippen molar-refractivity contribution in [3.05, 3.63) is 54.2 Å². The Morgan fingerprint density at radius 3 is 2.56 bits per heavy atom. The fourth-order valence-electron chi connectivity index (χ4n) is 4.73. The minimum absolute atomic E-state index is 0.230. The van der Waals surface area contributed by atoms with Gasteiger partial charge in [0, 0.05) is 12.6 Å². The molecule has 0 aliphatic carbocycles. The maximum Gasteiger partial charge on any atom is 0.334 e. The Morgan fingerprint density at radius 2 is 1.85 bits per heavy atom. The van der Waals surface area contributed by atoms with Crippen molar-refractivity contribution in [3.63, 3.8) is 0 Å². The first-order valence-electron chi connectivity index (χ1n) is 12.5. The highest BCUT2D eigenvalue weighted by atomic mass is 16.2. The van der Waals surface area contributed by atoms with Crippen LogP contribution in [0.15, 0.2) is 48.7 Å². The summed E-state index contributed by atoms with van der Waals surface area (Å²) in [6.45, 7) is 7.41. The third kappa shape index (κ3) is 5.47. The number of aromatic nitrogens is 2. The van der Waals surface area contributed by atoms with Crippen LogP contribution in [0.25, 0.3) is 11.0 Å². The number of para-hydroxylation sites is 1. The predicted molar refractivity (Wildman–Crippen MR) is 137 cm³/mol. The third-order valence-corrected chi connectivity index (χ3v) is 6.66. The first-order chi connectivity index (χ1) is 16.6. The zero-order valence-corrected chi connectivity index (χ0v) is 20.2. The van der Waals surface area contributed by atoms with Gasteiger partial charge in [-0.2, -0.15) is 0 Å². The van der Waals surface area contributed by atoms with Crippen molar-refractivity contribution in [1.82, 2.24) is 14.9 Å². The number of likely N-dealkylation sites (tertiary alicyclic amines) is 1. The van der Waals surface area contributed by atoms with Crippen molar-refractivity contribution in [2.75, 3.05) is 29.9 Å². The number of H-pyrrole nitrogens is 1. The molecular weight excluding hydrogens is 426 g/mol. The molecule has 1 aliphatic heterocycles. The van der Waals surface area contributed by atoms with Gasteiger partial charge in [-0.3, -0.25) is 10.1 Å². The molecule has 7 nitrogen and oxygen atoms in total. The fraction of sp³-hybridized carbons (Fsp3) is 0.444.